The van der Waals surface area contributed by atoms with E-state index in [0.29, 0.717) is 5.92 Å². The average molecular weight is 271 g/mol. The van der Waals surface area contributed by atoms with Gasteiger partial charge in [-0.25, -0.2) is 4.98 Å². The van der Waals surface area contributed by atoms with E-state index in [4.69, 9.17) is 0 Å². The molecule has 1 heterocycles. The van der Waals surface area contributed by atoms with E-state index in [1.807, 2.05) is 12.5 Å². The minimum absolute atomic E-state index is 0.579. The van der Waals surface area contributed by atoms with E-state index in [1.54, 1.807) is 0 Å². The molecular weight excluding hydrogens is 246 g/mol. The first kappa shape index (κ1) is 14.8. The Balaban J connectivity index is 2.30. The van der Waals surface area contributed by atoms with Crippen molar-refractivity contribution in [1.29, 1.82) is 0 Å². The lowest BCUT2D eigenvalue weighted by Gasteiger charge is -2.16. The first-order valence-electron chi connectivity index (χ1n) is 7.62. The Labute approximate surface area is 122 Å². The predicted octanol–water partition coefficient (Wildman–Crippen LogP) is 3.89. The molecule has 108 valence electrons. The molecule has 3 nitrogen and oxygen atoms in total. The molecule has 20 heavy (non-hydrogen) atoms. The van der Waals surface area contributed by atoms with E-state index in [2.05, 4.69) is 59.9 Å². The van der Waals surface area contributed by atoms with Crippen LogP contribution in [0.1, 0.15) is 50.8 Å². The first-order chi connectivity index (χ1) is 9.80. The minimum atomic E-state index is 0.579. The molecule has 2 rings (SSSR count). The van der Waals surface area contributed by atoms with Crippen molar-refractivity contribution in [2.45, 2.75) is 46.1 Å². The normalized spacial score (nSPS) is 11.2. The molecular formula is C17H25N3. The van der Waals surface area contributed by atoms with Gasteiger partial charge in [-0.3, -0.25) is 0 Å². The summed E-state index contributed by atoms with van der Waals surface area (Å²) in [5.74, 6) is 0.579. The third-order valence-corrected chi connectivity index (χ3v) is 3.84. The minimum Gasteiger partial charge on any atom is -0.313 e. The van der Waals surface area contributed by atoms with Crippen LogP contribution in [0.3, 0.4) is 0 Å². The fourth-order valence-corrected chi connectivity index (χ4v) is 2.62. The zero-order chi connectivity index (χ0) is 14.4. The summed E-state index contributed by atoms with van der Waals surface area (Å²) in [6, 6.07) is 8.69. The highest BCUT2D eigenvalue weighted by Crippen LogP contribution is 2.25. The lowest BCUT2D eigenvalue weighted by Crippen LogP contribution is -2.12. The SMILES string of the molecule is CCNCc1cccc(-n2cncc2C(CC)CC)c1. The van der Waals surface area contributed by atoms with Gasteiger partial charge in [0.25, 0.3) is 0 Å². The quantitative estimate of drug-likeness (QED) is 0.828. The van der Waals surface area contributed by atoms with Gasteiger partial charge >= 0.3 is 0 Å². The standard InChI is InChI=1S/C17H25N3/c1-4-15(5-2)17-12-19-13-20(17)16-9-7-8-14(10-16)11-18-6-3/h7-10,12-13,15,18H,4-6,11H2,1-3H3. The summed E-state index contributed by atoms with van der Waals surface area (Å²) in [4.78, 5) is 4.35. The van der Waals surface area contributed by atoms with E-state index in [1.165, 1.54) is 16.9 Å². The molecule has 3 heteroatoms. The third-order valence-electron chi connectivity index (χ3n) is 3.84. The predicted molar refractivity (Wildman–Crippen MR) is 84.3 cm³/mol. The van der Waals surface area contributed by atoms with Crippen molar-refractivity contribution in [1.82, 2.24) is 14.9 Å². The molecule has 0 atom stereocenters. The van der Waals surface area contributed by atoms with Crippen LogP contribution in [0.15, 0.2) is 36.8 Å². The number of nitrogens with one attached hydrogen (secondary N) is 1. The highest BCUT2D eigenvalue weighted by Gasteiger charge is 2.13. The number of hydrogen-bond acceptors (Lipinski definition) is 2. The molecule has 0 radical (unpaired) electrons. The maximum absolute atomic E-state index is 4.35. The Morgan fingerprint density at radius 3 is 2.70 bits per heavy atom. The van der Waals surface area contributed by atoms with E-state index in [9.17, 15) is 0 Å². The molecule has 1 N–H and O–H groups in total. The van der Waals surface area contributed by atoms with Gasteiger partial charge < -0.3 is 9.88 Å². The van der Waals surface area contributed by atoms with Crippen molar-refractivity contribution < 1.29 is 0 Å². The summed E-state index contributed by atoms with van der Waals surface area (Å²) in [7, 11) is 0. The van der Waals surface area contributed by atoms with E-state index < -0.39 is 0 Å². The average Bonchev–Trinajstić information content (AvgIpc) is 2.96. The number of hydrogen-bond donors (Lipinski definition) is 1. The molecule has 0 amide bonds. The molecule has 0 saturated heterocycles. The summed E-state index contributed by atoms with van der Waals surface area (Å²) >= 11 is 0. The number of rotatable bonds is 7. The van der Waals surface area contributed by atoms with E-state index in [-0.39, 0.29) is 0 Å². The second-order valence-corrected chi connectivity index (χ2v) is 5.15. The molecule has 1 aromatic carbocycles. The van der Waals surface area contributed by atoms with E-state index in [0.717, 1.165) is 25.9 Å². The van der Waals surface area contributed by atoms with E-state index >= 15 is 0 Å². The molecule has 0 aliphatic carbocycles. The molecule has 0 saturated carbocycles. The number of aromatic nitrogens is 2. The molecule has 0 spiro atoms. The van der Waals surface area contributed by atoms with Crippen LogP contribution in [-0.4, -0.2) is 16.1 Å². The summed E-state index contributed by atoms with van der Waals surface area (Å²) < 4.78 is 2.23. The van der Waals surface area contributed by atoms with Gasteiger partial charge in [0.1, 0.15) is 0 Å². The van der Waals surface area contributed by atoms with Crippen molar-refractivity contribution in [2.24, 2.45) is 0 Å². The molecule has 0 bridgehead atoms. The highest BCUT2D eigenvalue weighted by molar-refractivity contribution is 5.38. The van der Waals surface area contributed by atoms with Crippen LogP contribution in [0.2, 0.25) is 0 Å². The molecule has 1 aromatic heterocycles. The van der Waals surface area contributed by atoms with Crippen LogP contribution in [0.4, 0.5) is 0 Å². The second kappa shape index (κ2) is 7.25. The zero-order valence-corrected chi connectivity index (χ0v) is 12.8. The lowest BCUT2D eigenvalue weighted by molar-refractivity contribution is 0.611. The Bertz CT molecular complexity index is 527. The monoisotopic (exact) mass is 271 g/mol. The number of benzene rings is 1. The maximum Gasteiger partial charge on any atom is 0.0994 e. The zero-order valence-electron chi connectivity index (χ0n) is 12.8. The van der Waals surface area contributed by atoms with Gasteiger partial charge in [-0.15, -0.1) is 0 Å². The molecule has 0 unspecified atom stereocenters. The summed E-state index contributed by atoms with van der Waals surface area (Å²) in [5, 5.41) is 3.37. The van der Waals surface area contributed by atoms with Crippen molar-refractivity contribution in [3.8, 4) is 5.69 Å². The Morgan fingerprint density at radius 2 is 2.00 bits per heavy atom. The van der Waals surface area contributed by atoms with Gasteiger partial charge in [0.05, 0.1) is 6.33 Å². The third kappa shape index (κ3) is 3.28. The lowest BCUT2D eigenvalue weighted by atomic mass is 10.00. The van der Waals surface area contributed by atoms with Gasteiger partial charge in [0, 0.05) is 30.0 Å². The van der Waals surface area contributed by atoms with Crippen molar-refractivity contribution in [2.75, 3.05) is 6.54 Å². The Kier molecular flexibility index (Phi) is 5.36. The van der Waals surface area contributed by atoms with Gasteiger partial charge in [-0.05, 0) is 37.1 Å². The van der Waals surface area contributed by atoms with Gasteiger partial charge in [-0.2, -0.15) is 0 Å². The Hall–Kier alpha value is -1.61. The van der Waals surface area contributed by atoms with Crippen LogP contribution in [0.5, 0.6) is 0 Å². The largest absolute Gasteiger partial charge is 0.313 e. The maximum atomic E-state index is 4.35. The van der Waals surface area contributed by atoms with Crippen LogP contribution < -0.4 is 5.32 Å². The van der Waals surface area contributed by atoms with Gasteiger partial charge in [0.15, 0.2) is 0 Å². The molecule has 2 aromatic rings. The Morgan fingerprint density at radius 1 is 1.20 bits per heavy atom. The summed E-state index contributed by atoms with van der Waals surface area (Å²) in [6.07, 6.45) is 6.24. The topological polar surface area (TPSA) is 29.9 Å². The van der Waals surface area contributed by atoms with Crippen molar-refractivity contribution >= 4 is 0 Å². The highest BCUT2D eigenvalue weighted by atomic mass is 15.1. The number of nitrogens with zero attached hydrogens (tertiary/aromatic N) is 2. The summed E-state index contributed by atoms with van der Waals surface area (Å²) in [6.45, 7) is 8.53. The smallest absolute Gasteiger partial charge is 0.0994 e. The first-order valence-corrected chi connectivity index (χ1v) is 7.62. The second-order valence-electron chi connectivity index (χ2n) is 5.15. The molecule has 0 aliphatic heterocycles. The molecule has 0 aliphatic rings. The fourth-order valence-electron chi connectivity index (χ4n) is 2.62. The van der Waals surface area contributed by atoms with Crippen molar-refractivity contribution in [3.05, 3.63) is 48.0 Å². The van der Waals surface area contributed by atoms with Crippen LogP contribution in [0.25, 0.3) is 5.69 Å². The van der Waals surface area contributed by atoms with Gasteiger partial charge in [0.2, 0.25) is 0 Å². The molecule has 0 fully saturated rings. The van der Waals surface area contributed by atoms with Crippen molar-refractivity contribution in [3.63, 3.8) is 0 Å². The number of imidazole rings is 1. The summed E-state index contributed by atoms with van der Waals surface area (Å²) in [5.41, 5.74) is 3.84. The van der Waals surface area contributed by atoms with Gasteiger partial charge in [-0.1, -0.05) is 32.9 Å². The fraction of sp³-hybridized carbons (Fsp3) is 0.471. The van der Waals surface area contributed by atoms with Crippen LogP contribution >= 0.6 is 0 Å². The van der Waals surface area contributed by atoms with Crippen LogP contribution in [-0.2, 0) is 6.54 Å². The van der Waals surface area contributed by atoms with Crippen LogP contribution in [0, 0.1) is 0 Å².